The van der Waals surface area contributed by atoms with E-state index >= 15 is 0 Å². The molecule has 2 aromatic carbocycles. The second-order valence-electron chi connectivity index (χ2n) is 7.07. The molecule has 0 spiro atoms. The van der Waals surface area contributed by atoms with Crippen molar-refractivity contribution < 1.29 is 14.3 Å². The average molecular weight is 471 g/mol. The molecule has 32 heavy (non-hydrogen) atoms. The molecule has 0 bridgehead atoms. The number of methoxy groups -OCH3 is 1. The third kappa shape index (κ3) is 4.95. The molecule has 2 amide bonds. The van der Waals surface area contributed by atoms with Crippen molar-refractivity contribution in [3.63, 3.8) is 0 Å². The lowest BCUT2D eigenvalue weighted by molar-refractivity contribution is -0.123. The summed E-state index contributed by atoms with van der Waals surface area (Å²) in [4.78, 5) is 45.0. The van der Waals surface area contributed by atoms with E-state index in [1.165, 1.54) is 11.8 Å². The van der Waals surface area contributed by atoms with Gasteiger partial charge >= 0.3 is 0 Å². The molecule has 0 radical (unpaired) electrons. The van der Waals surface area contributed by atoms with Gasteiger partial charge in [-0.1, -0.05) is 35.5 Å². The highest BCUT2D eigenvalue weighted by Gasteiger charge is 2.34. The Kier molecular flexibility index (Phi) is 6.48. The van der Waals surface area contributed by atoms with Gasteiger partial charge in [0, 0.05) is 22.9 Å². The first-order valence-electron chi connectivity index (χ1n) is 9.69. The van der Waals surface area contributed by atoms with E-state index in [1.807, 2.05) is 12.1 Å². The molecule has 1 aromatic heterocycles. The van der Waals surface area contributed by atoms with Crippen LogP contribution in [0.3, 0.4) is 0 Å². The zero-order chi connectivity index (χ0) is 22.7. The normalized spacial score (nSPS) is 14.9. The summed E-state index contributed by atoms with van der Waals surface area (Å²) in [5.41, 5.74) is 1.22. The number of rotatable bonds is 6. The molecule has 0 fully saturated rings. The zero-order valence-electron chi connectivity index (χ0n) is 17.0. The van der Waals surface area contributed by atoms with Crippen molar-refractivity contribution in [3.05, 3.63) is 75.0 Å². The lowest BCUT2D eigenvalue weighted by Crippen LogP contribution is -2.36. The third-order valence-corrected chi connectivity index (χ3v) is 6.09. The van der Waals surface area contributed by atoms with Gasteiger partial charge in [0.15, 0.2) is 5.16 Å². The fraction of sp³-hybridized carbons (Fsp3) is 0.182. The van der Waals surface area contributed by atoms with Crippen molar-refractivity contribution in [2.75, 3.05) is 17.7 Å². The van der Waals surface area contributed by atoms with Crippen molar-refractivity contribution in [3.8, 4) is 5.75 Å². The van der Waals surface area contributed by atoms with Gasteiger partial charge in [-0.25, -0.2) is 4.98 Å². The summed E-state index contributed by atoms with van der Waals surface area (Å²) >= 11 is 7.21. The minimum atomic E-state index is -0.951. The van der Waals surface area contributed by atoms with Crippen LogP contribution >= 0.6 is 23.4 Å². The minimum absolute atomic E-state index is 0.110. The van der Waals surface area contributed by atoms with Crippen LogP contribution in [0.4, 0.5) is 11.5 Å². The van der Waals surface area contributed by atoms with E-state index in [0.717, 1.165) is 5.56 Å². The van der Waals surface area contributed by atoms with Gasteiger partial charge in [0.2, 0.25) is 11.8 Å². The molecule has 8 nitrogen and oxygen atoms in total. The Balaban J connectivity index is 1.54. The van der Waals surface area contributed by atoms with Crippen LogP contribution in [-0.4, -0.2) is 28.9 Å². The van der Waals surface area contributed by atoms with Gasteiger partial charge in [-0.15, -0.1) is 0 Å². The number of benzene rings is 2. The number of H-pyrrole nitrogens is 1. The quantitative estimate of drug-likeness (QED) is 0.373. The summed E-state index contributed by atoms with van der Waals surface area (Å²) in [7, 11) is 1.55. The molecule has 0 aliphatic carbocycles. The van der Waals surface area contributed by atoms with E-state index in [9.17, 15) is 14.4 Å². The van der Waals surface area contributed by atoms with Crippen LogP contribution in [0.2, 0.25) is 5.02 Å². The number of fused-ring (bicyclic) bond motifs is 1. The number of ether oxygens (including phenoxy) is 1. The Hall–Kier alpha value is -3.30. The number of aromatic amines is 1. The first kappa shape index (κ1) is 21.9. The summed E-state index contributed by atoms with van der Waals surface area (Å²) < 4.78 is 5.10. The number of carbonyl (C=O) groups is 2. The lowest BCUT2D eigenvalue weighted by Gasteiger charge is -2.23. The second-order valence-corrected chi connectivity index (χ2v) is 8.47. The highest BCUT2D eigenvalue weighted by Crippen LogP contribution is 2.31. The number of thioether (sulfide) groups is 1. The summed E-state index contributed by atoms with van der Waals surface area (Å²) in [5, 5.41) is 6.35. The van der Waals surface area contributed by atoms with Gasteiger partial charge in [0.25, 0.3) is 5.56 Å². The van der Waals surface area contributed by atoms with Crippen LogP contribution in [0.1, 0.15) is 23.5 Å². The number of aromatic nitrogens is 2. The Morgan fingerprint density at radius 3 is 2.59 bits per heavy atom. The fourth-order valence-electron chi connectivity index (χ4n) is 3.28. The molecule has 1 atom stereocenters. The van der Waals surface area contributed by atoms with Gasteiger partial charge in [-0.05, 0) is 42.0 Å². The van der Waals surface area contributed by atoms with Gasteiger partial charge in [-0.3, -0.25) is 14.4 Å². The predicted molar refractivity (Wildman–Crippen MR) is 123 cm³/mol. The Morgan fingerprint density at radius 2 is 1.91 bits per heavy atom. The van der Waals surface area contributed by atoms with Crippen LogP contribution in [0.5, 0.6) is 5.75 Å². The molecular weight excluding hydrogens is 452 g/mol. The molecule has 1 aliphatic rings. The number of hydrogen-bond donors (Lipinski definition) is 3. The van der Waals surface area contributed by atoms with E-state index in [-0.39, 0.29) is 23.7 Å². The van der Waals surface area contributed by atoms with Crippen LogP contribution in [0.15, 0.2) is 58.5 Å². The minimum Gasteiger partial charge on any atom is -0.497 e. The fourth-order valence-corrected chi connectivity index (χ4v) is 4.22. The molecule has 3 aromatic rings. The number of nitrogens with zero attached hydrogens (tertiary/aromatic N) is 1. The van der Waals surface area contributed by atoms with Crippen LogP contribution in [-0.2, 0) is 15.3 Å². The Bertz CT molecular complexity index is 1210. The topological polar surface area (TPSA) is 113 Å². The highest BCUT2D eigenvalue weighted by atomic mass is 35.5. The third-order valence-electron chi connectivity index (χ3n) is 4.89. The van der Waals surface area contributed by atoms with Crippen LogP contribution < -0.4 is 20.9 Å². The Labute approximate surface area is 192 Å². The highest BCUT2D eigenvalue weighted by molar-refractivity contribution is 7.98. The summed E-state index contributed by atoms with van der Waals surface area (Å²) in [6.07, 6.45) is -0.142. The molecule has 1 unspecified atom stereocenters. The van der Waals surface area contributed by atoms with Crippen molar-refractivity contribution in [2.24, 2.45) is 0 Å². The standard InChI is InChI=1S/C22H19ClN4O4S/c1-31-15-8-6-14(7-9-15)24-20(29)16-10-17(28)25-19-18(16)21(30)27-22(26-19)32-11-12-2-4-13(23)5-3-12/h2-9,16H,10-11H2,1H3,(H,24,29)(H2,25,26,27,28,30). The molecule has 164 valence electrons. The van der Waals surface area contributed by atoms with E-state index in [1.54, 1.807) is 43.5 Å². The molecule has 1 aliphatic heterocycles. The van der Waals surface area contributed by atoms with Gasteiger partial charge in [0.05, 0.1) is 18.6 Å². The van der Waals surface area contributed by atoms with E-state index in [0.29, 0.717) is 27.4 Å². The average Bonchev–Trinajstić information content (AvgIpc) is 2.78. The van der Waals surface area contributed by atoms with Gasteiger partial charge < -0.3 is 20.4 Å². The van der Waals surface area contributed by atoms with Crippen molar-refractivity contribution in [1.29, 1.82) is 0 Å². The van der Waals surface area contributed by atoms with Crippen molar-refractivity contribution >= 4 is 46.7 Å². The number of halogens is 1. The molecular formula is C22H19ClN4O4S. The molecule has 3 N–H and O–H groups in total. The number of amides is 2. The number of carbonyl (C=O) groups excluding carboxylic acids is 2. The maximum atomic E-state index is 12.9. The van der Waals surface area contributed by atoms with Crippen LogP contribution in [0.25, 0.3) is 0 Å². The SMILES string of the molecule is COc1ccc(NC(=O)C2CC(=O)Nc3nc(SCc4ccc(Cl)cc4)[nH]c(=O)c32)cc1. The molecule has 2 heterocycles. The van der Waals surface area contributed by atoms with Gasteiger partial charge in [-0.2, -0.15) is 0 Å². The number of hydrogen-bond acceptors (Lipinski definition) is 6. The maximum Gasteiger partial charge on any atom is 0.257 e. The van der Waals surface area contributed by atoms with Gasteiger partial charge in [0.1, 0.15) is 11.6 Å². The first-order valence-corrected chi connectivity index (χ1v) is 11.1. The second kappa shape index (κ2) is 9.46. The molecule has 10 heteroatoms. The van der Waals surface area contributed by atoms with Crippen molar-refractivity contribution in [1.82, 2.24) is 9.97 Å². The smallest absolute Gasteiger partial charge is 0.257 e. The summed E-state index contributed by atoms with van der Waals surface area (Å²) in [6, 6.07) is 14.1. The van der Waals surface area contributed by atoms with Crippen molar-refractivity contribution in [2.45, 2.75) is 23.2 Å². The maximum absolute atomic E-state index is 12.9. The molecule has 4 rings (SSSR count). The first-order chi connectivity index (χ1) is 15.4. The summed E-state index contributed by atoms with van der Waals surface area (Å²) in [6.45, 7) is 0. The molecule has 0 saturated carbocycles. The predicted octanol–water partition coefficient (Wildman–Crippen LogP) is 3.79. The van der Waals surface area contributed by atoms with E-state index < -0.39 is 17.4 Å². The van der Waals surface area contributed by atoms with Crippen LogP contribution in [0, 0.1) is 0 Å². The lowest BCUT2D eigenvalue weighted by atomic mass is 9.92. The number of nitrogens with one attached hydrogen (secondary N) is 3. The zero-order valence-corrected chi connectivity index (χ0v) is 18.5. The van der Waals surface area contributed by atoms with E-state index in [4.69, 9.17) is 16.3 Å². The Morgan fingerprint density at radius 1 is 1.19 bits per heavy atom. The molecule has 0 saturated heterocycles. The largest absolute Gasteiger partial charge is 0.497 e. The summed E-state index contributed by atoms with van der Waals surface area (Å²) in [5.74, 6) is -0.478. The van der Waals surface area contributed by atoms with E-state index in [2.05, 4.69) is 20.6 Å². The monoisotopic (exact) mass is 470 g/mol. The number of anilines is 2.